The number of aryl methyl sites for hydroxylation is 1. The lowest BCUT2D eigenvalue weighted by Gasteiger charge is -2.26. The average Bonchev–Trinajstić information content (AvgIpc) is 2.92. The molecule has 3 amide bonds. The molecule has 2 heterocycles. The number of hydrogen-bond acceptors (Lipinski definition) is 7. The Morgan fingerprint density at radius 2 is 1.77 bits per heavy atom. The molecule has 1 aromatic heterocycles. The first-order valence-corrected chi connectivity index (χ1v) is 10.7. The highest BCUT2D eigenvalue weighted by Gasteiger charge is 2.31. The number of amides is 3. The number of hydrogen-bond donors (Lipinski definition) is 3. The monoisotopic (exact) mass is 451 g/mol. The van der Waals surface area contributed by atoms with Crippen molar-refractivity contribution in [1.82, 2.24) is 10.6 Å². The highest BCUT2D eigenvalue weighted by atomic mass is 32.1. The summed E-state index contributed by atoms with van der Waals surface area (Å²) in [6.07, 6.45) is 0. The molecule has 1 atom stereocenters. The summed E-state index contributed by atoms with van der Waals surface area (Å²) >= 11 is 1.29. The highest BCUT2D eigenvalue weighted by Crippen LogP contribution is 2.34. The number of ether oxygens (including phenoxy) is 2. The molecule has 31 heavy (non-hydrogen) atoms. The average molecular weight is 452 g/mol. The molecule has 0 saturated carbocycles. The van der Waals surface area contributed by atoms with Crippen LogP contribution in [0.25, 0.3) is 0 Å². The first-order valence-electron chi connectivity index (χ1n) is 9.93. The minimum Gasteiger partial charge on any atom is -0.463 e. The first kappa shape index (κ1) is 24.4. The number of urea groups is 1. The summed E-state index contributed by atoms with van der Waals surface area (Å²) in [5.41, 5.74) is 0.664. The summed E-state index contributed by atoms with van der Waals surface area (Å²) in [4.78, 5) is 50.4. The van der Waals surface area contributed by atoms with Crippen LogP contribution in [-0.4, -0.2) is 43.1 Å². The fourth-order valence-corrected chi connectivity index (χ4v) is 3.90. The smallest absolute Gasteiger partial charge is 0.341 e. The van der Waals surface area contributed by atoms with Gasteiger partial charge in [0.15, 0.2) is 0 Å². The minimum absolute atomic E-state index is 0.160. The molecule has 2 rings (SSSR count). The Kier molecular flexibility index (Phi) is 7.48. The Bertz CT molecular complexity index is 942. The lowest BCUT2D eigenvalue weighted by Crippen LogP contribution is -2.50. The maximum Gasteiger partial charge on any atom is 0.341 e. The Balaban J connectivity index is 2.28. The first-order chi connectivity index (χ1) is 14.4. The lowest BCUT2D eigenvalue weighted by molar-refractivity contribution is -0.139. The summed E-state index contributed by atoms with van der Waals surface area (Å²) in [7, 11) is 0. The van der Waals surface area contributed by atoms with Gasteiger partial charge in [0.1, 0.15) is 11.6 Å². The summed E-state index contributed by atoms with van der Waals surface area (Å²) in [5, 5.41) is 8.30. The van der Waals surface area contributed by atoms with Gasteiger partial charge >= 0.3 is 18.0 Å². The van der Waals surface area contributed by atoms with Crippen LogP contribution in [0.4, 0.5) is 9.80 Å². The fourth-order valence-electron chi connectivity index (χ4n) is 2.85. The molecule has 1 aliphatic heterocycles. The molecule has 0 spiro atoms. The van der Waals surface area contributed by atoms with E-state index >= 15 is 0 Å². The van der Waals surface area contributed by atoms with E-state index in [0.717, 1.165) is 4.88 Å². The number of anilines is 1. The summed E-state index contributed by atoms with van der Waals surface area (Å²) in [6, 6.07) is -1.11. The van der Waals surface area contributed by atoms with Crippen molar-refractivity contribution in [3.05, 3.63) is 27.3 Å². The van der Waals surface area contributed by atoms with Gasteiger partial charge in [0.05, 0.1) is 29.5 Å². The summed E-state index contributed by atoms with van der Waals surface area (Å²) in [5.74, 6) is -1.49. The molecule has 0 saturated heterocycles. The third-order valence-corrected chi connectivity index (χ3v) is 5.83. The maximum absolute atomic E-state index is 12.9. The topological polar surface area (TPSA) is 123 Å². The van der Waals surface area contributed by atoms with Crippen molar-refractivity contribution in [3.8, 4) is 0 Å². The Hall–Kier alpha value is -2.88. The molecular weight excluding hydrogens is 422 g/mol. The Labute approximate surface area is 185 Å². The zero-order valence-electron chi connectivity index (χ0n) is 18.8. The minimum atomic E-state index is -0.665. The molecule has 0 fully saturated rings. The van der Waals surface area contributed by atoms with Gasteiger partial charge in [-0.05, 0) is 33.3 Å². The van der Waals surface area contributed by atoms with E-state index in [4.69, 9.17) is 9.47 Å². The van der Waals surface area contributed by atoms with Crippen molar-refractivity contribution < 1.29 is 28.7 Å². The van der Waals surface area contributed by atoms with Crippen LogP contribution in [0.3, 0.4) is 0 Å². The molecule has 0 aliphatic carbocycles. The van der Waals surface area contributed by atoms with Gasteiger partial charge in [0.25, 0.3) is 0 Å². The van der Waals surface area contributed by atoms with E-state index in [9.17, 15) is 19.2 Å². The number of carbonyl (C=O) groups is 4. The van der Waals surface area contributed by atoms with E-state index in [1.165, 1.54) is 11.3 Å². The van der Waals surface area contributed by atoms with Crippen molar-refractivity contribution in [2.75, 3.05) is 18.5 Å². The van der Waals surface area contributed by atoms with Crippen LogP contribution in [0, 0.1) is 19.3 Å². The predicted molar refractivity (Wildman–Crippen MR) is 117 cm³/mol. The molecule has 170 valence electrons. The summed E-state index contributed by atoms with van der Waals surface area (Å²) in [6.45, 7) is 12.1. The van der Waals surface area contributed by atoms with Gasteiger partial charge in [-0.2, -0.15) is 0 Å². The van der Waals surface area contributed by atoms with Gasteiger partial charge < -0.3 is 25.4 Å². The van der Waals surface area contributed by atoms with Gasteiger partial charge in [-0.15, -0.1) is 11.3 Å². The number of rotatable bonds is 6. The number of nitrogens with one attached hydrogen (secondary N) is 3. The van der Waals surface area contributed by atoms with Crippen molar-refractivity contribution >= 4 is 40.2 Å². The maximum atomic E-state index is 12.9. The van der Waals surface area contributed by atoms with E-state index in [2.05, 4.69) is 16.0 Å². The van der Waals surface area contributed by atoms with Gasteiger partial charge in [0.2, 0.25) is 5.91 Å². The van der Waals surface area contributed by atoms with Crippen LogP contribution in [-0.2, 0) is 19.1 Å². The van der Waals surface area contributed by atoms with Crippen LogP contribution in [0.2, 0.25) is 0 Å². The number of thiophene rings is 1. The zero-order valence-corrected chi connectivity index (χ0v) is 19.7. The Morgan fingerprint density at radius 1 is 1.13 bits per heavy atom. The van der Waals surface area contributed by atoms with E-state index in [1.54, 1.807) is 41.5 Å². The molecule has 0 bridgehead atoms. The molecule has 0 aromatic carbocycles. The van der Waals surface area contributed by atoms with Crippen LogP contribution in [0.15, 0.2) is 11.3 Å². The van der Waals surface area contributed by atoms with Crippen LogP contribution < -0.4 is 16.0 Å². The van der Waals surface area contributed by atoms with E-state index < -0.39 is 29.4 Å². The van der Waals surface area contributed by atoms with Gasteiger partial charge in [0, 0.05) is 10.3 Å². The SMILES string of the molecule is CCOC(=O)C1=C(COC(=O)c2c(NC(=O)C(C)(C)C)sc(C)c2C)NC(=O)N[C@@H]1C. The zero-order chi connectivity index (χ0) is 23.5. The van der Waals surface area contributed by atoms with Crippen molar-refractivity contribution in [3.63, 3.8) is 0 Å². The molecule has 9 nitrogen and oxygen atoms in total. The van der Waals surface area contributed by atoms with Crippen molar-refractivity contribution in [2.45, 2.75) is 54.5 Å². The number of esters is 2. The lowest BCUT2D eigenvalue weighted by atomic mass is 9.96. The van der Waals surface area contributed by atoms with Gasteiger partial charge in [-0.25, -0.2) is 14.4 Å². The quantitative estimate of drug-likeness (QED) is 0.572. The second-order valence-electron chi connectivity index (χ2n) is 8.20. The van der Waals surface area contributed by atoms with Crippen molar-refractivity contribution in [2.24, 2.45) is 5.41 Å². The number of carbonyl (C=O) groups excluding carboxylic acids is 4. The molecule has 0 unspecified atom stereocenters. The summed E-state index contributed by atoms with van der Waals surface area (Å²) < 4.78 is 10.5. The molecule has 10 heteroatoms. The standard InChI is InChI=1S/C21H29N3O6S/c1-8-29-18(26)15-11(3)22-20(28)23-13(15)9-30-17(25)14-10(2)12(4)31-16(14)24-19(27)21(5,6)7/h11H,8-9H2,1-7H3,(H,24,27)(H2,22,23,28)/t11-/m1/s1. The van der Waals surface area contributed by atoms with E-state index in [0.29, 0.717) is 10.6 Å². The third kappa shape index (κ3) is 5.63. The molecule has 1 aliphatic rings. The van der Waals surface area contributed by atoms with Crippen LogP contribution >= 0.6 is 11.3 Å². The predicted octanol–water partition coefficient (Wildman–Crippen LogP) is 3.02. The Morgan fingerprint density at radius 3 is 2.35 bits per heavy atom. The van der Waals surface area contributed by atoms with E-state index in [-0.39, 0.29) is 36.0 Å². The largest absolute Gasteiger partial charge is 0.463 e. The normalized spacial score (nSPS) is 16.4. The molecule has 1 aromatic rings. The van der Waals surface area contributed by atoms with Crippen molar-refractivity contribution in [1.29, 1.82) is 0 Å². The second kappa shape index (κ2) is 9.51. The van der Waals surface area contributed by atoms with E-state index in [1.807, 2.05) is 6.92 Å². The van der Waals surface area contributed by atoms with Crippen LogP contribution in [0.1, 0.15) is 55.4 Å². The van der Waals surface area contributed by atoms with Crippen LogP contribution in [0.5, 0.6) is 0 Å². The highest BCUT2D eigenvalue weighted by molar-refractivity contribution is 7.16. The molecule has 0 radical (unpaired) electrons. The third-order valence-electron chi connectivity index (χ3n) is 4.71. The van der Waals surface area contributed by atoms with Gasteiger partial charge in [-0.3, -0.25) is 4.79 Å². The van der Waals surface area contributed by atoms with Gasteiger partial charge in [-0.1, -0.05) is 20.8 Å². The second-order valence-corrected chi connectivity index (χ2v) is 9.43. The molecular formula is C21H29N3O6S. The fraction of sp³-hybridized carbons (Fsp3) is 0.524. The molecule has 3 N–H and O–H groups in total.